The van der Waals surface area contributed by atoms with Gasteiger partial charge in [-0.3, -0.25) is 4.79 Å². The molecule has 0 amide bonds. The number of piperidine rings is 1. The number of hydrogen-bond donors (Lipinski definition) is 1. The molecule has 2 atom stereocenters. The van der Waals surface area contributed by atoms with E-state index in [1.54, 1.807) is 12.1 Å². The molecule has 2 unspecified atom stereocenters. The number of ketones is 1. The number of halogens is 4. The van der Waals surface area contributed by atoms with Gasteiger partial charge in [0, 0.05) is 46.6 Å². The molecular formula is C50H56ClF3N2O7S3. The number of aliphatic hydroxyl groups excluding tert-OH is 1. The summed E-state index contributed by atoms with van der Waals surface area (Å²) in [6.45, 7) is 6.79. The van der Waals surface area contributed by atoms with E-state index in [4.69, 9.17) is 16.3 Å². The minimum absolute atomic E-state index is 0.00581. The number of Topliss-reactive ketones (excluding diaryl/α,β-unsaturated/α-hetero) is 1. The van der Waals surface area contributed by atoms with E-state index in [0.29, 0.717) is 68.9 Å². The zero-order chi connectivity index (χ0) is 47.6. The van der Waals surface area contributed by atoms with Gasteiger partial charge in [-0.2, -0.15) is 13.2 Å². The summed E-state index contributed by atoms with van der Waals surface area (Å²) in [5.74, 6) is -1.72. The highest BCUT2D eigenvalue weighted by Gasteiger charge is 2.48. The second-order valence-electron chi connectivity index (χ2n) is 17.0. The largest absolute Gasteiger partial charge is 0.501 e. The summed E-state index contributed by atoms with van der Waals surface area (Å²) in [5.41, 5.74) is -2.25. The first-order valence-corrected chi connectivity index (χ1v) is 26.4. The molecule has 16 heteroatoms. The van der Waals surface area contributed by atoms with Crippen LogP contribution in [0.4, 0.5) is 18.9 Å². The van der Waals surface area contributed by atoms with Crippen LogP contribution in [0.25, 0.3) is 11.1 Å². The molecule has 5 aromatic rings. The average molecular weight is 986 g/mol. The molecule has 0 spiro atoms. The van der Waals surface area contributed by atoms with Crippen LogP contribution in [0.2, 0.25) is 5.02 Å². The van der Waals surface area contributed by atoms with Crippen molar-refractivity contribution in [3.8, 4) is 11.1 Å². The highest BCUT2D eigenvalue weighted by atomic mass is 35.5. The van der Waals surface area contributed by atoms with Gasteiger partial charge in [-0.15, -0.1) is 11.8 Å². The molecule has 354 valence electrons. The van der Waals surface area contributed by atoms with E-state index in [1.807, 2.05) is 105 Å². The van der Waals surface area contributed by atoms with Gasteiger partial charge in [-0.25, -0.2) is 16.8 Å². The highest BCUT2D eigenvalue weighted by Crippen LogP contribution is 2.39. The van der Waals surface area contributed by atoms with Gasteiger partial charge in [0.05, 0.1) is 28.6 Å². The maximum absolute atomic E-state index is 14.2. The molecule has 1 saturated heterocycles. The van der Waals surface area contributed by atoms with Crippen molar-refractivity contribution in [3.05, 3.63) is 143 Å². The number of rotatable bonds is 21. The molecule has 0 aliphatic carbocycles. The van der Waals surface area contributed by atoms with Crippen LogP contribution in [0, 0.1) is 11.8 Å². The zero-order valence-corrected chi connectivity index (χ0v) is 40.4. The zero-order valence-electron chi connectivity index (χ0n) is 37.2. The molecule has 0 radical (unpaired) electrons. The van der Waals surface area contributed by atoms with Gasteiger partial charge in [0.2, 0.25) is 0 Å². The van der Waals surface area contributed by atoms with Gasteiger partial charge >= 0.3 is 5.51 Å². The SMILES string of the molecule is CC(C)OCCN(C)CCC(CSc1ccccc1)Cc1ccc(S(=O)(=O)CC(=O)c2ccc(N3CCC(C(O)c4ccccc4-c4ccc(Cl)cc4)CC3)cc2)cc1S(=O)(=O)C(F)(F)F. The lowest BCUT2D eigenvalue weighted by Gasteiger charge is -2.36. The Labute approximate surface area is 396 Å². The van der Waals surface area contributed by atoms with Crippen molar-refractivity contribution in [2.45, 2.75) is 71.9 Å². The van der Waals surface area contributed by atoms with Crippen molar-refractivity contribution < 1.29 is 44.6 Å². The van der Waals surface area contributed by atoms with Crippen molar-refractivity contribution >= 4 is 54.5 Å². The molecule has 1 aliphatic heterocycles. The van der Waals surface area contributed by atoms with E-state index in [2.05, 4.69) is 4.90 Å². The minimum atomic E-state index is -5.99. The normalized spacial score (nSPS) is 15.0. The molecule has 1 N–H and O–H groups in total. The molecular weight excluding hydrogens is 929 g/mol. The predicted molar refractivity (Wildman–Crippen MR) is 257 cm³/mol. The first-order valence-electron chi connectivity index (χ1n) is 21.9. The summed E-state index contributed by atoms with van der Waals surface area (Å²) in [6, 6.07) is 33.9. The van der Waals surface area contributed by atoms with E-state index >= 15 is 0 Å². The Bertz CT molecular complexity index is 2610. The fourth-order valence-electron chi connectivity index (χ4n) is 8.09. The number of aliphatic hydroxyl groups is 1. The number of carbonyl (C=O) groups is 1. The number of likely N-dealkylation sites (N-methyl/N-ethyl adjacent to an activating group) is 1. The quantitative estimate of drug-likeness (QED) is 0.0562. The van der Waals surface area contributed by atoms with Crippen LogP contribution < -0.4 is 4.90 Å². The summed E-state index contributed by atoms with van der Waals surface area (Å²) in [4.78, 5) is 16.7. The topological polar surface area (TPSA) is 121 Å². The molecule has 0 saturated carbocycles. The number of benzene rings is 5. The van der Waals surface area contributed by atoms with Crippen LogP contribution in [0.15, 0.2) is 136 Å². The minimum Gasteiger partial charge on any atom is -0.388 e. The van der Waals surface area contributed by atoms with Gasteiger partial charge < -0.3 is 19.6 Å². The van der Waals surface area contributed by atoms with E-state index in [1.165, 1.54) is 23.9 Å². The number of hydrogen-bond acceptors (Lipinski definition) is 10. The first-order chi connectivity index (χ1) is 31.3. The fraction of sp³-hybridized carbons (Fsp3) is 0.380. The summed E-state index contributed by atoms with van der Waals surface area (Å²) >= 11 is 7.60. The van der Waals surface area contributed by atoms with Crippen molar-refractivity contribution in [1.82, 2.24) is 4.90 Å². The smallest absolute Gasteiger partial charge is 0.388 e. The lowest BCUT2D eigenvalue weighted by molar-refractivity contribution is -0.0436. The van der Waals surface area contributed by atoms with Crippen LogP contribution in [-0.2, 0) is 30.8 Å². The van der Waals surface area contributed by atoms with E-state index in [0.717, 1.165) is 39.4 Å². The van der Waals surface area contributed by atoms with Crippen molar-refractivity contribution in [2.75, 3.05) is 56.2 Å². The Hall–Kier alpha value is -4.22. The Balaban J connectivity index is 1.13. The van der Waals surface area contributed by atoms with Crippen LogP contribution in [0.3, 0.4) is 0 Å². The van der Waals surface area contributed by atoms with Crippen LogP contribution in [0.1, 0.15) is 60.7 Å². The van der Waals surface area contributed by atoms with Crippen molar-refractivity contribution in [3.63, 3.8) is 0 Å². The summed E-state index contributed by atoms with van der Waals surface area (Å²) < 4.78 is 102. The van der Waals surface area contributed by atoms with Crippen LogP contribution in [-0.4, -0.2) is 95.6 Å². The lowest BCUT2D eigenvalue weighted by atomic mass is 9.84. The Kier molecular flexibility index (Phi) is 17.6. The Morgan fingerprint density at radius 2 is 1.53 bits per heavy atom. The van der Waals surface area contributed by atoms with Crippen LogP contribution >= 0.6 is 23.4 Å². The Morgan fingerprint density at radius 1 is 0.879 bits per heavy atom. The van der Waals surface area contributed by atoms with Gasteiger partial charge in [0.15, 0.2) is 15.6 Å². The average Bonchev–Trinajstić information content (AvgIpc) is 3.29. The van der Waals surface area contributed by atoms with Crippen molar-refractivity contribution in [1.29, 1.82) is 0 Å². The maximum atomic E-state index is 14.2. The molecule has 0 bridgehead atoms. The monoisotopic (exact) mass is 984 g/mol. The molecule has 0 aromatic heterocycles. The number of sulfone groups is 2. The van der Waals surface area contributed by atoms with E-state index in [-0.39, 0.29) is 35.5 Å². The third-order valence-electron chi connectivity index (χ3n) is 11.9. The van der Waals surface area contributed by atoms with Gasteiger partial charge in [0.1, 0.15) is 5.75 Å². The number of thioether (sulfide) groups is 1. The molecule has 5 aromatic carbocycles. The standard InChI is InChI=1S/C50H56ClF3N2O7S3/c1-35(2)63-30-29-55(3)26-23-36(33-64-43-9-5-4-6-10-43)31-40-17-22-44(32-48(40)66(61,62)50(52,53)54)65(59,60)34-47(57)38-15-20-42(21-16-38)56-27-24-39(25-28-56)49(58)46-12-8-7-11-45(46)37-13-18-41(51)19-14-37/h4-22,32,35-36,39,49,58H,23-31,33-34H2,1-3H3. The third-order valence-corrected chi connectivity index (χ3v) is 16.5. The maximum Gasteiger partial charge on any atom is 0.501 e. The molecule has 6 rings (SSSR count). The third kappa shape index (κ3) is 13.5. The predicted octanol–water partition coefficient (Wildman–Crippen LogP) is 10.6. The first kappa shape index (κ1) is 51.2. The summed E-state index contributed by atoms with van der Waals surface area (Å²) in [5, 5.41) is 12.1. The molecule has 9 nitrogen and oxygen atoms in total. The van der Waals surface area contributed by atoms with Crippen molar-refractivity contribution in [2.24, 2.45) is 11.8 Å². The van der Waals surface area contributed by atoms with Crippen LogP contribution in [0.5, 0.6) is 0 Å². The number of ether oxygens (including phenoxy) is 1. The second-order valence-corrected chi connectivity index (χ2v) is 22.4. The molecule has 1 aliphatic rings. The number of alkyl halides is 3. The molecule has 1 fully saturated rings. The lowest BCUT2D eigenvalue weighted by Crippen LogP contribution is -2.35. The van der Waals surface area contributed by atoms with Gasteiger partial charge in [-0.05, 0) is 148 Å². The molecule has 66 heavy (non-hydrogen) atoms. The Morgan fingerprint density at radius 3 is 2.18 bits per heavy atom. The van der Waals surface area contributed by atoms with Gasteiger partial charge in [0.25, 0.3) is 9.84 Å². The van der Waals surface area contributed by atoms with E-state index < -0.39 is 52.6 Å². The molecule has 1 heterocycles. The summed E-state index contributed by atoms with van der Waals surface area (Å²) in [7, 11) is -8.69. The number of anilines is 1. The fourth-order valence-corrected chi connectivity index (χ4v) is 11.6. The van der Waals surface area contributed by atoms with E-state index in [9.17, 15) is 39.9 Å². The van der Waals surface area contributed by atoms with Gasteiger partial charge in [-0.1, -0.05) is 72.3 Å². The second kappa shape index (κ2) is 22.7. The number of carbonyl (C=O) groups excluding carboxylic acids is 1. The highest BCUT2D eigenvalue weighted by molar-refractivity contribution is 7.99. The summed E-state index contributed by atoms with van der Waals surface area (Å²) in [6.07, 6.45) is 1.19. The number of nitrogens with zero attached hydrogens (tertiary/aromatic N) is 2.